The van der Waals surface area contributed by atoms with Crippen LogP contribution in [0, 0.1) is 0 Å². The minimum atomic E-state index is -0.566. The number of nitrogens with one attached hydrogen (secondary N) is 2. The first-order valence-corrected chi connectivity index (χ1v) is 5.58. The van der Waals surface area contributed by atoms with Crippen LogP contribution in [-0.4, -0.2) is 25.2 Å². The molecule has 0 aromatic heterocycles. The van der Waals surface area contributed by atoms with Crippen LogP contribution >= 0.6 is 0 Å². The molecule has 0 heterocycles. The van der Waals surface area contributed by atoms with Crippen LogP contribution in [-0.2, 0) is 9.53 Å². The maximum absolute atomic E-state index is 11.6. The predicted octanol–water partition coefficient (Wildman–Crippen LogP) is 1.54. The molecule has 0 aliphatic rings. The van der Waals surface area contributed by atoms with E-state index in [-0.39, 0.29) is 5.91 Å². The van der Waals surface area contributed by atoms with Gasteiger partial charge in [-0.2, -0.15) is 0 Å². The standard InChI is InChI=1S/C12H17N3O3/c1-3-10(13)11(16)14-8-5-4-6-9(7-8)15-12(17)18-2/h4-7,10H,3,13H2,1-2H3,(H,14,16)(H,15,17). The molecule has 1 unspecified atom stereocenters. The second-order valence-electron chi connectivity index (χ2n) is 3.70. The summed E-state index contributed by atoms with van der Waals surface area (Å²) in [5.41, 5.74) is 6.70. The van der Waals surface area contributed by atoms with Crippen LogP contribution < -0.4 is 16.4 Å². The Morgan fingerprint density at radius 2 is 1.94 bits per heavy atom. The average molecular weight is 251 g/mol. The fraction of sp³-hybridized carbons (Fsp3) is 0.333. The van der Waals surface area contributed by atoms with Gasteiger partial charge in [0.05, 0.1) is 13.2 Å². The second-order valence-corrected chi connectivity index (χ2v) is 3.70. The summed E-state index contributed by atoms with van der Waals surface area (Å²) in [5.74, 6) is -0.257. The molecular weight excluding hydrogens is 234 g/mol. The first-order chi connectivity index (χ1) is 8.56. The van der Waals surface area contributed by atoms with E-state index in [4.69, 9.17) is 5.73 Å². The highest BCUT2D eigenvalue weighted by Crippen LogP contribution is 2.15. The van der Waals surface area contributed by atoms with Gasteiger partial charge in [0, 0.05) is 11.4 Å². The summed E-state index contributed by atoms with van der Waals surface area (Å²) in [7, 11) is 1.28. The van der Waals surface area contributed by atoms with Gasteiger partial charge in [0.2, 0.25) is 5.91 Å². The Bertz CT molecular complexity index is 434. The number of methoxy groups -OCH3 is 1. The monoisotopic (exact) mass is 251 g/mol. The van der Waals surface area contributed by atoms with Crippen molar-refractivity contribution in [3.63, 3.8) is 0 Å². The molecule has 0 spiro atoms. The van der Waals surface area contributed by atoms with E-state index >= 15 is 0 Å². The third-order valence-electron chi connectivity index (χ3n) is 2.34. The van der Waals surface area contributed by atoms with Crippen LogP contribution in [0.2, 0.25) is 0 Å². The van der Waals surface area contributed by atoms with Crippen molar-refractivity contribution in [2.24, 2.45) is 5.73 Å². The van der Waals surface area contributed by atoms with Gasteiger partial charge in [-0.1, -0.05) is 13.0 Å². The molecule has 98 valence electrons. The van der Waals surface area contributed by atoms with Crippen molar-refractivity contribution >= 4 is 23.4 Å². The number of carbonyl (C=O) groups excluding carboxylic acids is 2. The number of rotatable bonds is 4. The normalized spacial score (nSPS) is 11.5. The Labute approximate surface area is 105 Å². The molecule has 0 saturated heterocycles. The molecule has 1 rings (SSSR count). The van der Waals surface area contributed by atoms with E-state index in [0.717, 1.165) is 0 Å². The van der Waals surface area contributed by atoms with Crippen molar-refractivity contribution in [2.45, 2.75) is 19.4 Å². The maximum Gasteiger partial charge on any atom is 0.411 e. The summed E-state index contributed by atoms with van der Waals surface area (Å²) in [6.07, 6.45) is -0.00454. The molecule has 18 heavy (non-hydrogen) atoms. The van der Waals surface area contributed by atoms with Gasteiger partial charge in [0.25, 0.3) is 0 Å². The molecule has 0 aliphatic carbocycles. The van der Waals surface area contributed by atoms with E-state index in [0.29, 0.717) is 17.8 Å². The van der Waals surface area contributed by atoms with E-state index in [1.54, 1.807) is 24.3 Å². The zero-order valence-corrected chi connectivity index (χ0v) is 10.4. The van der Waals surface area contributed by atoms with Crippen molar-refractivity contribution in [3.8, 4) is 0 Å². The van der Waals surface area contributed by atoms with Crippen LogP contribution in [0.15, 0.2) is 24.3 Å². The van der Waals surface area contributed by atoms with Crippen molar-refractivity contribution in [3.05, 3.63) is 24.3 Å². The topological polar surface area (TPSA) is 93.5 Å². The number of hydrogen-bond donors (Lipinski definition) is 3. The number of benzene rings is 1. The molecule has 4 N–H and O–H groups in total. The summed E-state index contributed by atoms with van der Waals surface area (Å²) in [4.78, 5) is 22.6. The summed E-state index contributed by atoms with van der Waals surface area (Å²) < 4.78 is 4.47. The molecule has 6 nitrogen and oxygen atoms in total. The third kappa shape index (κ3) is 4.06. The largest absolute Gasteiger partial charge is 0.453 e. The number of hydrogen-bond acceptors (Lipinski definition) is 4. The number of nitrogens with two attached hydrogens (primary N) is 1. The Kier molecular flexibility index (Phi) is 5.13. The highest BCUT2D eigenvalue weighted by molar-refractivity contribution is 5.95. The van der Waals surface area contributed by atoms with E-state index in [1.807, 2.05) is 6.92 Å². The zero-order valence-electron chi connectivity index (χ0n) is 10.4. The summed E-state index contributed by atoms with van der Waals surface area (Å²) in [6, 6.07) is 6.19. The van der Waals surface area contributed by atoms with Crippen molar-refractivity contribution in [1.29, 1.82) is 0 Å². The van der Waals surface area contributed by atoms with Gasteiger partial charge in [-0.15, -0.1) is 0 Å². The number of ether oxygens (including phenoxy) is 1. The first-order valence-electron chi connectivity index (χ1n) is 5.58. The van der Waals surface area contributed by atoms with Crippen molar-refractivity contribution < 1.29 is 14.3 Å². The molecule has 0 bridgehead atoms. The quantitative estimate of drug-likeness (QED) is 0.756. The molecule has 0 aliphatic heterocycles. The van der Waals surface area contributed by atoms with Crippen LogP contribution in [0.3, 0.4) is 0 Å². The van der Waals surface area contributed by atoms with E-state index in [9.17, 15) is 9.59 Å². The van der Waals surface area contributed by atoms with E-state index in [1.165, 1.54) is 7.11 Å². The fourth-order valence-electron chi connectivity index (χ4n) is 1.26. The van der Waals surface area contributed by atoms with Crippen LogP contribution in [0.5, 0.6) is 0 Å². The Morgan fingerprint density at radius 3 is 2.50 bits per heavy atom. The fourth-order valence-corrected chi connectivity index (χ4v) is 1.26. The van der Waals surface area contributed by atoms with Gasteiger partial charge in [-0.05, 0) is 24.6 Å². The van der Waals surface area contributed by atoms with Gasteiger partial charge >= 0.3 is 6.09 Å². The number of carbonyl (C=O) groups is 2. The van der Waals surface area contributed by atoms with Crippen LogP contribution in [0.1, 0.15) is 13.3 Å². The Morgan fingerprint density at radius 1 is 1.33 bits per heavy atom. The molecule has 2 amide bonds. The van der Waals surface area contributed by atoms with Crippen molar-refractivity contribution in [1.82, 2.24) is 0 Å². The molecule has 1 aromatic carbocycles. The lowest BCUT2D eigenvalue weighted by molar-refractivity contribution is -0.117. The predicted molar refractivity (Wildman–Crippen MR) is 69.4 cm³/mol. The molecule has 0 saturated carbocycles. The summed E-state index contributed by atoms with van der Waals surface area (Å²) >= 11 is 0. The minimum Gasteiger partial charge on any atom is -0.453 e. The van der Waals surface area contributed by atoms with Gasteiger partial charge in [-0.3, -0.25) is 10.1 Å². The van der Waals surface area contributed by atoms with Gasteiger partial charge < -0.3 is 15.8 Å². The Balaban J connectivity index is 2.70. The lowest BCUT2D eigenvalue weighted by Gasteiger charge is -2.11. The number of anilines is 2. The summed E-state index contributed by atoms with van der Waals surface area (Å²) in [6.45, 7) is 1.83. The molecule has 0 radical (unpaired) electrons. The van der Waals surface area contributed by atoms with Gasteiger partial charge in [0.15, 0.2) is 0 Å². The Hall–Kier alpha value is -2.08. The molecule has 1 atom stereocenters. The highest BCUT2D eigenvalue weighted by Gasteiger charge is 2.11. The van der Waals surface area contributed by atoms with E-state index in [2.05, 4.69) is 15.4 Å². The maximum atomic E-state index is 11.6. The van der Waals surface area contributed by atoms with Crippen molar-refractivity contribution in [2.75, 3.05) is 17.7 Å². The van der Waals surface area contributed by atoms with Gasteiger partial charge in [0.1, 0.15) is 0 Å². The first kappa shape index (κ1) is 14.0. The second kappa shape index (κ2) is 6.61. The SMILES string of the molecule is CCC(N)C(=O)Nc1cccc(NC(=O)OC)c1. The summed E-state index contributed by atoms with van der Waals surface area (Å²) in [5, 5.41) is 5.17. The molecule has 1 aromatic rings. The van der Waals surface area contributed by atoms with Crippen LogP contribution in [0.4, 0.5) is 16.2 Å². The molecular formula is C12H17N3O3. The lowest BCUT2D eigenvalue weighted by Crippen LogP contribution is -2.34. The molecule has 0 fully saturated rings. The smallest absolute Gasteiger partial charge is 0.411 e. The average Bonchev–Trinajstić information content (AvgIpc) is 2.37. The zero-order chi connectivity index (χ0) is 13.5. The lowest BCUT2D eigenvalue weighted by atomic mass is 10.2. The van der Waals surface area contributed by atoms with E-state index < -0.39 is 12.1 Å². The molecule has 6 heteroatoms. The number of amides is 2. The van der Waals surface area contributed by atoms with Gasteiger partial charge in [-0.25, -0.2) is 4.79 Å². The van der Waals surface area contributed by atoms with Crippen LogP contribution in [0.25, 0.3) is 0 Å². The third-order valence-corrected chi connectivity index (χ3v) is 2.34. The minimum absolute atomic E-state index is 0.257. The highest BCUT2D eigenvalue weighted by atomic mass is 16.5.